The predicted molar refractivity (Wildman–Crippen MR) is 97.2 cm³/mol. The molecule has 0 aromatic carbocycles. The Morgan fingerprint density at radius 3 is 2.96 bits per heavy atom. The van der Waals surface area contributed by atoms with Crippen LogP contribution in [0.3, 0.4) is 0 Å². The Balaban J connectivity index is 1.62. The maximum atomic E-state index is 13.8. The average Bonchev–Trinajstić information content (AvgIpc) is 3.21. The molecule has 4 rings (SSSR count). The van der Waals surface area contributed by atoms with Crippen LogP contribution >= 0.6 is 0 Å². The number of aromatic nitrogens is 4. The van der Waals surface area contributed by atoms with Crippen molar-refractivity contribution in [2.75, 3.05) is 18.4 Å². The van der Waals surface area contributed by atoms with E-state index in [0.717, 1.165) is 11.3 Å². The molecule has 0 spiro atoms. The van der Waals surface area contributed by atoms with E-state index in [0.29, 0.717) is 30.3 Å². The van der Waals surface area contributed by atoms with Gasteiger partial charge in [-0.2, -0.15) is 5.10 Å². The molecule has 1 saturated heterocycles. The summed E-state index contributed by atoms with van der Waals surface area (Å²) in [7, 11) is 0. The minimum absolute atomic E-state index is 0.0677. The number of anilines is 1. The number of halogens is 1. The van der Waals surface area contributed by atoms with Gasteiger partial charge in [0.1, 0.15) is 12.0 Å². The number of hydrogen-bond acceptors (Lipinski definition) is 6. The van der Waals surface area contributed by atoms with Gasteiger partial charge in [0.2, 0.25) is 0 Å². The molecule has 2 unspecified atom stereocenters. The van der Waals surface area contributed by atoms with Crippen LogP contribution in [0.15, 0.2) is 36.8 Å². The van der Waals surface area contributed by atoms with Gasteiger partial charge in [0.15, 0.2) is 11.4 Å². The number of fused-ring (bicyclic) bond motifs is 1. The van der Waals surface area contributed by atoms with E-state index in [1.165, 1.54) is 0 Å². The van der Waals surface area contributed by atoms with Crippen LogP contribution in [-0.2, 0) is 0 Å². The van der Waals surface area contributed by atoms with Crippen LogP contribution in [0.5, 0.6) is 5.75 Å². The summed E-state index contributed by atoms with van der Waals surface area (Å²) in [5.74, 6) is 1.30. The summed E-state index contributed by atoms with van der Waals surface area (Å²) in [6, 6.07) is 5.35. The molecule has 7 nitrogen and oxygen atoms in total. The molecule has 0 bridgehead atoms. The van der Waals surface area contributed by atoms with Gasteiger partial charge >= 0.3 is 0 Å². The molecule has 26 heavy (non-hydrogen) atoms. The lowest BCUT2D eigenvalue weighted by molar-refractivity contribution is 0.240. The van der Waals surface area contributed by atoms with Crippen molar-refractivity contribution in [2.45, 2.75) is 32.2 Å². The van der Waals surface area contributed by atoms with Crippen LogP contribution in [0.25, 0.3) is 16.9 Å². The van der Waals surface area contributed by atoms with Gasteiger partial charge in [0.05, 0.1) is 42.0 Å². The topological polar surface area (TPSA) is 76.4 Å². The first kappa shape index (κ1) is 16.7. The largest absolute Gasteiger partial charge is 0.488 e. The summed E-state index contributed by atoms with van der Waals surface area (Å²) in [5.41, 5.74) is 2.24. The third-order valence-corrected chi connectivity index (χ3v) is 4.20. The van der Waals surface area contributed by atoms with Gasteiger partial charge in [-0.05, 0) is 26.0 Å². The molecule has 1 aliphatic heterocycles. The molecular formula is C18H21FN6O. The Hall–Kier alpha value is -2.74. The molecule has 2 atom stereocenters. The summed E-state index contributed by atoms with van der Waals surface area (Å²) >= 11 is 0. The van der Waals surface area contributed by atoms with Crippen molar-refractivity contribution in [1.82, 2.24) is 24.9 Å². The first-order valence-corrected chi connectivity index (χ1v) is 8.69. The standard InChI is InChI=1S/C18H21FN6O/c1-11(2)26-12-6-21-18-13(7-22-25(18)10-12)15-4-3-5-17(23-15)24-16-9-20-8-14(16)19/h3-7,10-11,14,16,20H,8-9H2,1-2H3,(H,23,24). The normalized spacial score (nSPS) is 20.0. The molecule has 0 radical (unpaired) electrons. The summed E-state index contributed by atoms with van der Waals surface area (Å²) in [6.07, 6.45) is 4.35. The van der Waals surface area contributed by atoms with E-state index >= 15 is 0 Å². The zero-order valence-corrected chi connectivity index (χ0v) is 14.7. The summed E-state index contributed by atoms with van der Waals surface area (Å²) in [4.78, 5) is 9.06. The van der Waals surface area contributed by atoms with E-state index in [4.69, 9.17) is 4.74 Å². The van der Waals surface area contributed by atoms with Crippen molar-refractivity contribution in [2.24, 2.45) is 0 Å². The van der Waals surface area contributed by atoms with Crippen LogP contribution in [0.2, 0.25) is 0 Å². The summed E-state index contributed by atoms with van der Waals surface area (Å²) in [6.45, 7) is 4.88. The minimum atomic E-state index is -0.918. The van der Waals surface area contributed by atoms with E-state index in [-0.39, 0.29) is 12.1 Å². The fourth-order valence-corrected chi connectivity index (χ4v) is 3.01. The Morgan fingerprint density at radius 1 is 1.31 bits per heavy atom. The van der Waals surface area contributed by atoms with Gasteiger partial charge in [-0.15, -0.1) is 0 Å². The van der Waals surface area contributed by atoms with Gasteiger partial charge in [-0.3, -0.25) is 0 Å². The van der Waals surface area contributed by atoms with E-state index < -0.39 is 6.17 Å². The van der Waals surface area contributed by atoms with Gasteiger partial charge in [0, 0.05) is 13.1 Å². The molecule has 0 saturated carbocycles. The highest BCUT2D eigenvalue weighted by molar-refractivity contribution is 5.75. The van der Waals surface area contributed by atoms with Crippen molar-refractivity contribution in [1.29, 1.82) is 0 Å². The maximum Gasteiger partial charge on any atom is 0.164 e. The number of rotatable bonds is 5. The fraction of sp³-hybridized carbons (Fsp3) is 0.389. The lowest BCUT2D eigenvalue weighted by atomic mass is 10.2. The van der Waals surface area contributed by atoms with E-state index in [1.54, 1.807) is 23.1 Å². The number of alkyl halides is 1. The van der Waals surface area contributed by atoms with Crippen LogP contribution in [0, 0.1) is 0 Å². The second-order valence-corrected chi connectivity index (χ2v) is 6.62. The molecule has 136 valence electrons. The van der Waals surface area contributed by atoms with Crippen LogP contribution in [0.1, 0.15) is 13.8 Å². The van der Waals surface area contributed by atoms with Gasteiger partial charge < -0.3 is 15.4 Å². The smallest absolute Gasteiger partial charge is 0.164 e. The molecule has 1 fully saturated rings. The monoisotopic (exact) mass is 356 g/mol. The van der Waals surface area contributed by atoms with Crippen LogP contribution < -0.4 is 15.4 Å². The molecule has 3 aromatic rings. The summed E-state index contributed by atoms with van der Waals surface area (Å²) in [5, 5.41) is 10.5. The Kier molecular flexibility index (Phi) is 4.42. The SMILES string of the molecule is CC(C)Oc1cnc2c(-c3cccc(NC4CNCC4F)n3)cnn2c1. The molecule has 4 heterocycles. The van der Waals surface area contributed by atoms with Crippen molar-refractivity contribution >= 4 is 11.5 Å². The van der Waals surface area contributed by atoms with Gasteiger partial charge in [-0.1, -0.05) is 6.07 Å². The first-order valence-electron chi connectivity index (χ1n) is 8.69. The second-order valence-electron chi connectivity index (χ2n) is 6.62. The average molecular weight is 356 g/mol. The Labute approximate surface area is 150 Å². The van der Waals surface area contributed by atoms with E-state index in [1.807, 2.05) is 32.0 Å². The molecule has 2 N–H and O–H groups in total. The van der Waals surface area contributed by atoms with Crippen molar-refractivity contribution in [3.8, 4) is 17.0 Å². The van der Waals surface area contributed by atoms with Crippen molar-refractivity contribution < 1.29 is 9.13 Å². The highest BCUT2D eigenvalue weighted by Crippen LogP contribution is 2.24. The molecule has 1 aliphatic rings. The zero-order valence-electron chi connectivity index (χ0n) is 14.7. The maximum absolute atomic E-state index is 13.8. The molecule has 8 heteroatoms. The lowest BCUT2D eigenvalue weighted by Gasteiger charge is -2.15. The molecule has 0 aliphatic carbocycles. The Bertz CT molecular complexity index is 912. The molecular weight excluding hydrogens is 335 g/mol. The van der Waals surface area contributed by atoms with Crippen molar-refractivity contribution in [3.05, 3.63) is 36.8 Å². The van der Waals surface area contributed by atoms with Gasteiger partial charge in [-0.25, -0.2) is 18.9 Å². The second kappa shape index (κ2) is 6.87. The zero-order chi connectivity index (χ0) is 18.1. The number of nitrogens with one attached hydrogen (secondary N) is 2. The Morgan fingerprint density at radius 2 is 2.19 bits per heavy atom. The quantitative estimate of drug-likeness (QED) is 0.731. The number of ether oxygens (including phenoxy) is 1. The van der Waals surface area contributed by atoms with Crippen LogP contribution in [0.4, 0.5) is 10.2 Å². The third-order valence-electron chi connectivity index (χ3n) is 4.20. The fourth-order valence-electron chi connectivity index (χ4n) is 3.01. The lowest BCUT2D eigenvalue weighted by Crippen LogP contribution is -2.29. The third kappa shape index (κ3) is 3.32. The van der Waals surface area contributed by atoms with Crippen molar-refractivity contribution in [3.63, 3.8) is 0 Å². The first-order chi connectivity index (χ1) is 12.6. The molecule has 0 amide bonds. The highest BCUT2D eigenvalue weighted by Gasteiger charge is 2.26. The van der Waals surface area contributed by atoms with E-state index in [2.05, 4.69) is 25.7 Å². The van der Waals surface area contributed by atoms with Crippen LogP contribution in [-0.4, -0.2) is 51.0 Å². The number of nitrogens with zero attached hydrogens (tertiary/aromatic N) is 4. The summed E-state index contributed by atoms with van der Waals surface area (Å²) < 4.78 is 21.1. The number of pyridine rings is 1. The number of hydrogen-bond donors (Lipinski definition) is 2. The van der Waals surface area contributed by atoms with E-state index in [9.17, 15) is 4.39 Å². The van der Waals surface area contributed by atoms with Gasteiger partial charge in [0.25, 0.3) is 0 Å². The highest BCUT2D eigenvalue weighted by atomic mass is 19.1. The minimum Gasteiger partial charge on any atom is -0.488 e. The predicted octanol–water partition coefficient (Wildman–Crippen LogP) is 2.30. The molecule has 3 aromatic heterocycles.